The predicted octanol–water partition coefficient (Wildman–Crippen LogP) is 1.65. The van der Waals surface area contributed by atoms with E-state index in [1.165, 1.54) is 36.9 Å². The maximum Gasteiger partial charge on any atom is 0.251 e. The van der Waals surface area contributed by atoms with E-state index in [0.29, 0.717) is 12.1 Å². The second-order valence-corrected chi connectivity index (χ2v) is 6.55. The zero-order valence-electron chi connectivity index (χ0n) is 12.4. The molecule has 4 rings (SSSR count). The molecular formula is C17H23N3O. The summed E-state index contributed by atoms with van der Waals surface area (Å²) >= 11 is 0. The summed E-state index contributed by atoms with van der Waals surface area (Å²) in [5.41, 5.74) is 3.41. The summed E-state index contributed by atoms with van der Waals surface area (Å²) in [6.45, 7) is 4.17. The normalized spacial score (nSPS) is 28.2. The van der Waals surface area contributed by atoms with Crippen LogP contribution in [-0.2, 0) is 13.1 Å². The van der Waals surface area contributed by atoms with Crippen LogP contribution in [0.15, 0.2) is 18.2 Å². The molecule has 0 radical (unpaired) electrons. The van der Waals surface area contributed by atoms with E-state index in [9.17, 15) is 4.79 Å². The lowest BCUT2D eigenvalue weighted by Gasteiger charge is -2.32. The van der Waals surface area contributed by atoms with Gasteiger partial charge in [0.25, 0.3) is 5.91 Å². The van der Waals surface area contributed by atoms with Gasteiger partial charge in [-0.05, 0) is 49.1 Å². The van der Waals surface area contributed by atoms with E-state index in [2.05, 4.69) is 27.7 Å². The van der Waals surface area contributed by atoms with Crippen LogP contribution in [0.5, 0.6) is 0 Å². The Bertz CT molecular complexity index is 557. The minimum absolute atomic E-state index is 0.0992. The largest absolute Gasteiger partial charge is 0.348 e. The molecule has 1 aromatic carbocycles. The lowest BCUT2D eigenvalue weighted by molar-refractivity contribution is 0.0915. The highest BCUT2D eigenvalue weighted by Gasteiger charge is 2.36. The molecule has 2 fully saturated rings. The standard InChI is InChI=1S/C17H23N3O/c21-17(12-4-5-13-10-18-11-14(13)9-12)19-15-6-8-20-7-2-1-3-16(15)20/h4-5,9,15-16,18H,1-3,6-8,10-11H2,(H,19,21). The van der Waals surface area contributed by atoms with E-state index >= 15 is 0 Å². The highest BCUT2D eigenvalue weighted by Crippen LogP contribution is 2.27. The van der Waals surface area contributed by atoms with Crippen molar-refractivity contribution >= 4 is 5.91 Å². The molecule has 4 heteroatoms. The average molecular weight is 285 g/mol. The van der Waals surface area contributed by atoms with Crippen molar-refractivity contribution in [2.45, 2.75) is 50.9 Å². The van der Waals surface area contributed by atoms with E-state index in [1.807, 2.05) is 6.07 Å². The van der Waals surface area contributed by atoms with Crippen LogP contribution in [0.25, 0.3) is 0 Å². The molecule has 4 nitrogen and oxygen atoms in total. The third-order valence-electron chi connectivity index (χ3n) is 5.27. The molecule has 0 spiro atoms. The van der Waals surface area contributed by atoms with E-state index in [4.69, 9.17) is 0 Å². The predicted molar refractivity (Wildman–Crippen MR) is 82.1 cm³/mol. The van der Waals surface area contributed by atoms with Crippen molar-refractivity contribution in [3.63, 3.8) is 0 Å². The number of nitrogens with zero attached hydrogens (tertiary/aromatic N) is 1. The molecule has 21 heavy (non-hydrogen) atoms. The van der Waals surface area contributed by atoms with Gasteiger partial charge < -0.3 is 10.6 Å². The monoisotopic (exact) mass is 285 g/mol. The molecule has 3 heterocycles. The zero-order chi connectivity index (χ0) is 14.2. The van der Waals surface area contributed by atoms with Crippen LogP contribution in [0.1, 0.15) is 47.2 Å². The summed E-state index contributed by atoms with van der Waals surface area (Å²) < 4.78 is 0. The van der Waals surface area contributed by atoms with Gasteiger partial charge in [-0.2, -0.15) is 0 Å². The summed E-state index contributed by atoms with van der Waals surface area (Å²) in [7, 11) is 0. The number of rotatable bonds is 2. The van der Waals surface area contributed by atoms with Crippen LogP contribution >= 0.6 is 0 Å². The Morgan fingerprint density at radius 2 is 2.05 bits per heavy atom. The first kappa shape index (κ1) is 13.3. The number of fused-ring (bicyclic) bond motifs is 2. The summed E-state index contributed by atoms with van der Waals surface area (Å²) in [6, 6.07) is 7.02. The SMILES string of the molecule is O=C(NC1CCN2CCCCC12)c1ccc2c(c1)CNC2. The Balaban J connectivity index is 1.46. The molecular weight excluding hydrogens is 262 g/mol. The number of benzene rings is 1. The van der Waals surface area contributed by atoms with Crippen LogP contribution in [0.2, 0.25) is 0 Å². The fourth-order valence-corrected chi connectivity index (χ4v) is 4.10. The van der Waals surface area contributed by atoms with Gasteiger partial charge in [-0.15, -0.1) is 0 Å². The Morgan fingerprint density at radius 3 is 3.00 bits per heavy atom. The lowest BCUT2D eigenvalue weighted by atomic mass is 9.98. The molecule has 1 aromatic rings. The van der Waals surface area contributed by atoms with Gasteiger partial charge in [0.1, 0.15) is 0 Å². The molecule has 2 atom stereocenters. The van der Waals surface area contributed by atoms with Crippen LogP contribution in [0.3, 0.4) is 0 Å². The van der Waals surface area contributed by atoms with Crippen LogP contribution in [-0.4, -0.2) is 36.0 Å². The zero-order valence-corrected chi connectivity index (χ0v) is 12.4. The minimum atomic E-state index is 0.0992. The Morgan fingerprint density at radius 1 is 1.14 bits per heavy atom. The third-order valence-corrected chi connectivity index (χ3v) is 5.27. The average Bonchev–Trinajstić information content (AvgIpc) is 3.13. The van der Waals surface area contributed by atoms with Gasteiger partial charge in [-0.3, -0.25) is 9.69 Å². The molecule has 3 aliphatic heterocycles. The highest BCUT2D eigenvalue weighted by atomic mass is 16.1. The smallest absolute Gasteiger partial charge is 0.251 e. The van der Waals surface area contributed by atoms with E-state index in [1.54, 1.807) is 0 Å². The summed E-state index contributed by atoms with van der Waals surface area (Å²) in [6.07, 6.45) is 4.95. The number of hydrogen-bond donors (Lipinski definition) is 2. The second kappa shape index (κ2) is 5.43. The Labute approximate surface area is 125 Å². The lowest BCUT2D eigenvalue weighted by Crippen LogP contribution is -2.46. The molecule has 0 aliphatic carbocycles. The number of piperidine rings is 1. The molecule has 2 unspecified atom stereocenters. The third kappa shape index (κ3) is 2.47. The fraction of sp³-hybridized carbons (Fsp3) is 0.588. The first-order chi connectivity index (χ1) is 10.3. The quantitative estimate of drug-likeness (QED) is 0.868. The van der Waals surface area contributed by atoms with E-state index < -0.39 is 0 Å². The molecule has 0 bridgehead atoms. The van der Waals surface area contributed by atoms with Crippen molar-refractivity contribution in [3.05, 3.63) is 34.9 Å². The van der Waals surface area contributed by atoms with Crippen LogP contribution in [0, 0.1) is 0 Å². The van der Waals surface area contributed by atoms with Crippen molar-refractivity contribution in [2.24, 2.45) is 0 Å². The van der Waals surface area contributed by atoms with E-state index in [-0.39, 0.29) is 5.91 Å². The minimum Gasteiger partial charge on any atom is -0.348 e. The molecule has 3 aliphatic rings. The summed E-state index contributed by atoms with van der Waals surface area (Å²) in [5.74, 6) is 0.0992. The summed E-state index contributed by atoms with van der Waals surface area (Å²) in [4.78, 5) is 15.1. The van der Waals surface area contributed by atoms with Crippen molar-refractivity contribution in [3.8, 4) is 0 Å². The maximum absolute atomic E-state index is 12.5. The first-order valence-electron chi connectivity index (χ1n) is 8.19. The van der Waals surface area contributed by atoms with Gasteiger partial charge in [-0.25, -0.2) is 0 Å². The van der Waals surface area contributed by atoms with Crippen molar-refractivity contribution in [2.75, 3.05) is 13.1 Å². The highest BCUT2D eigenvalue weighted by molar-refractivity contribution is 5.94. The topological polar surface area (TPSA) is 44.4 Å². The van der Waals surface area contributed by atoms with Gasteiger partial charge in [0.2, 0.25) is 0 Å². The van der Waals surface area contributed by atoms with Crippen molar-refractivity contribution < 1.29 is 4.79 Å². The molecule has 0 aromatic heterocycles. The first-order valence-corrected chi connectivity index (χ1v) is 8.19. The molecule has 1 amide bonds. The number of hydrogen-bond acceptors (Lipinski definition) is 3. The van der Waals surface area contributed by atoms with Crippen LogP contribution < -0.4 is 10.6 Å². The number of amides is 1. The van der Waals surface area contributed by atoms with Gasteiger partial charge >= 0.3 is 0 Å². The van der Waals surface area contributed by atoms with Gasteiger partial charge in [0, 0.05) is 37.3 Å². The Hall–Kier alpha value is -1.39. The van der Waals surface area contributed by atoms with Gasteiger partial charge in [-0.1, -0.05) is 12.5 Å². The molecule has 0 saturated carbocycles. The number of carbonyl (C=O) groups is 1. The number of carbonyl (C=O) groups excluding carboxylic acids is 1. The van der Waals surface area contributed by atoms with E-state index in [0.717, 1.165) is 31.6 Å². The second-order valence-electron chi connectivity index (χ2n) is 6.55. The van der Waals surface area contributed by atoms with Gasteiger partial charge in [0.05, 0.1) is 0 Å². The van der Waals surface area contributed by atoms with Crippen molar-refractivity contribution in [1.29, 1.82) is 0 Å². The summed E-state index contributed by atoms with van der Waals surface area (Å²) in [5, 5.41) is 6.61. The van der Waals surface area contributed by atoms with Crippen molar-refractivity contribution in [1.82, 2.24) is 15.5 Å². The molecule has 2 saturated heterocycles. The maximum atomic E-state index is 12.5. The van der Waals surface area contributed by atoms with Crippen LogP contribution in [0.4, 0.5) is 0 Å². The van der Waals surface area contributed by atoms with Gasteiger partial charge in [0.15, 0.2) is 0 Å². The Kier molecular flexibility index (Phi) is 3.43. The molecule has 2 N–H and O–H groups in total. The molecule has 112 valence electrons. The fourth-order valence-electron chi connectivity index (χ4n) is 4.10. The number of nitrogens with one attached hydrogen (secondary N) is 2.